The fourth-order valence-electron chi connectivity index (χ4n) is 3.92. The van der Waals surface area contributed by atoms with Crippen molar-refractivity contribution in [1.82, 2.24) is 5.32 Å². The Balaban J connectivity index is 1.33. The third kappa shape index (κ3) is 5.22. The Morgan fingerprint density at radius 2 is 1.31 bits per heavy atom. The molecule has 1 N–H and O–H groups in total. The Kier molecular flexibility index (Phi) is 6.93. The van der Waals surface area contributed by atoms with Crippen LogP contribution in [-0.4, -0.2) is 25.0 Å². The number of carbonyl (C=O) groups is 2. The van der Waals surface area contributed by atoms with Crippen molar-refractivity contribution in [2.45, 2.75) is 12.3 Å². The maximum absolute atomic E-state index is 12.5. The predicted molar refractivity (Wildman–Crippen MR) is 127 cm³/mol. The van der Waals surface area contributed by atoms with Crippen LogP contribution in [0.5, 0.6) is 0 Å². The maximum Gasteiger partial charge on any atom is 0.339 e. The van der Waals surface area contributed by atoms with Crippen molar-refractivity contribution < 1.29 is 14.3 Å². The van der Waals surface area contributed by atoms with Gasteiger partial charge in [0.1, 0.15) is 0 Å². The first-order chi connectivity index (χ1) is 15.7. The molecular formula is C28H25NO3. The van der Waals surface area contributed by atoms with Gasteiger partial charge >= 0.3 is 5.97 Å². The lowest BCUT2D eigenvalue weighted by Crippen LogP contribution is -2.30. The second kappa shape index (κ2) is 10.4. The molecule has 0 aliphatic rings. The molecule has 0 aliphatic carbocycles. The molecule has 32 heavy (non-hydrogen) atoms. The average Bonchev–Trinajstić information content (AvgIpc) is 2.86. The molecule has 4 heteroatoms. The molecule has 0 aromatic heterocycles. The summed E-state index contributed by atoms with van der Waals surface area (Å²) in [5, 5.41) is 4.65. The van der Waals surface area contributed by atoms with Crippen molar-refractivity contribution >= 4 is 22.6 Å². The molecule has 0 unspecified atom stereocenters. The van der Waals surface area contributed by atoms with Gasteiger partial charge in [-0.05, 0) is 34.4 Å². The molecule has 1 amide bonds. The summed E-state index contributed by atoms with van der Waals surface area (Å²) >= 11 is 0. The number of carbonyl (C=O) groups excluding carboxylic acids is 2. The van der Waals surface area contributed by atoms with Crippen LogP contribution in [0.1, 0.15) is 33.8 Å². The van der Waals surface area contributed by atoms with Crippen LogP contribution in [0.15, 0.2) is 103 Å². The minimum Gasteiger partial charge on any atom is -0.452 e. The molecule has 0 heterocycles. The molecule has 0 saturated heterocycles. The quantitative estimate of drug-likeness (QED) is 0.390. The summed E-state index contributed by atoms with van der Waals surface area (Å²) in [6.07, 6.45) is 0.747. The molecule has 0 fully saturated rings. The highest BCUT2D eigenvalue weighted by molar-refractivity contribution is 6.04. The number of amides is 1. The summed E-state index contributed by atoms with van der Waals surface area (Å²) < 4.78 is 5.27. The van der Waals surface area contributed by atoms with Gasteiger partial charge < -0.3 is 10.1 Å². The second-order valence-electron chi connectivity index (χ2n) is 7.62. The summed E-state index contributed by atoms with van der Waals surface area (Å²) in [4.78, 5) is 24.8. The monoisotopic (exact) mass is 423 g/mol. The number of hydrogen-bond acceptors (Lipinski definition) is 3. The molecule has 0 saturated carbocycles. The fourth-order valence-corrected chi connectivity index (χ4v) is 3.92. The number of rotatable bonds is 8. The van der Waals surface area contributed by atoms with E-state index in [-0.39, 0.29) is 18.4 Å². The summed E-state index contributed by atoms with van der Waals surface area (Å²) in [7, 11) is 0. The molecule has 4 aromatic carbocycles. The zero-order valence-corrected chi connectivity index (χ0v) is 17.7. The van der Waals surface area contributed by atoms with E-state index < -0.39 is 5.97 Å². The molecule has 4 aromatic rings. The van der Waals surface area contributed by atoms with E-state index in [4.69, 9.17) is 4.74 Å². The first-order valence-electron chi connectivity index (χ1n) is 10.7. The lowest BCUT2D eigenvalue weighted by atomic mass is 9.88. The molecule has 0 radical (unpaired) electrons. The molecular weight excluding hydrogens is 398 g/mol. The topological polar surface area (TPSA) is 55.4 Å². The number of ether oxygens (including phenoxy) is 1. The minimum absolute atomic E-state index is 0.177. The average molecular weight is 424 g/mol. The first kappa shape index (κ1) is 21.3. The number of benzene rings is 4. The normalized spacial score (nSPS) is 10.8. The van der Waals surface area contributed by atoms with Crippen molar-refractivity contribution in [2.24, 2.45) is 0 Å². The summed E-state index contributed by atoms with van der Waals surface area (Å²) in [6.45, 7) is 0.183. The van der Waals surface area contributed by atoms with E-state index in [0.717, 1.165) is 17.2 Å². The molecule has 0 aliphatic heterocycles. The van der Waals surface area contributed by atoms with Gasteiger partial charge in [-0.1, -0.05) is 97.1 Å². The van der Waals surface area contributed by atoms with Crippen LogP contribution in [0.3, 0.4) is 0 Å². The van der Waals surface area contributed by atoms with Crippen LogP contribution >= 0.6 is 0 Å². The van der Waals surface area contributed by atoms with Crippen molar-refractivity contribution in [3.63, 3.8) is 0 Å². The standard InChI is InChI=1S/C28H25NO3/c30-27(20-32-28(31)26-17-9-15-23-14-7-8-16-25(23)26)29-19-18-24(21-10-3-1-4-11-21)22-12-5-2-6-13-22/h1-17,24H,18-20H2,(H,29,30). The van der Waals surface area contributed by atoms with Gasteiger partial charge in [-0.3, -0.25) is 4.79 Å². The Hall–Kier alpha value is -3.92. The summed E-state index contributed by atoms with van der Waals surface area (Å²) in [5.74, 6) is -0.627. The molecule has 0 spiro atoms. The van der Waals surface area contributed by atoms with Crippen LogP contribution in [0.2, 0.25) is 0 Å². The Bertz CT molecular complexity index is 1140. The van der Waals surface area contributed by atoms with Gasteiger partial charge in [-0.2, -0.15) is 0 Å². The Labute approximate surface area is 187 Å². The van der Waals surface area contributed by atoms with Gasteiger partial charge in [0, 0.05) is 12.5 Å². The van der Waals surface area contributed by atoms with Crippen molar-refractivity contribution in [3.8, 4) is 0 Å². The van der Waals surface area contributed by atoms with Gasteiger partial charge in [0.25, 0.3) is 5.91 Å². The van der Waals surface area contributed by atoms with Gasteiger partial charge in [0.05, 0.1) is 5.56 Å². The Morgan fingerprint density at radius 1 is 0.719 bits per heavy atom. The van der Waals surface area contributed by atoms with Crippen LogP contribution in [-0.2, 0) is 9.53 Å². The molecule has 160 valence electrons. The van der Waals surface area contributed by atoms with E-state index in [1.54, 1.807) is 6.07 Å². The van der Waals surface area contributed by atoms with E-state index in [0.29, 0.717) is 12.1 Å². The number of esters is 1. The van der Waals surface area contributed by atoms with Gasteiger partial charge in [-0.25, -0.2) is 4.79 Å². The highest BCUT2D eigenvalue weighted by atomic mass is 16.5. The highest BCUT2D eigenvalue weighted by Gasteiger charge is 2.16. The van der Waals surface area contributed by atoms with Crippen LogP contribution in [0.25, 0.3) is 10.8 Å². The third-order valence-electron chi connectivity index (χ3n) is 5.50. The van der Waals surface area contributed by atoms with Gasteiger partial charge in [0.15, 0.2) is 6.61 Å². The Morgan fingerprint density at radius 3 is 2.00 bits per heavy atom. The van der Waals surface area contributed by atoms with Crippen LogP contribution < -0.4 is 5.32 Å². The van der Waals surface area contributed by atoms with E-state index in [1.807, 2.05) is 72.8 Å². The van der Waals surface area contributed by atoms with Crippen molar-refractivity contribution in [2.75, 3.05) is 13.2 Å². The number of hydrogen-bond donors (Lipinski definition) is 1. The summed E-state index contributed by atoms with van der Waals surface area (Å²) in [5.41, 5.74) is 2.87. The van der Waals surface area contributed by atoms with Crippen LogP contribution in [0, 0.1) is 0 Å². The second-order valence-corrected chi connectivity index (χ2v) is 7.62. The first-order valence-corrected chi connectivity index (χ1v) is 10.7. The minimum atomic E-state index is -0.497. The molecule has 0 atom stereocenters. The number of nitrogens with one attached hydrogen (secondary N) is 1. The lowest BCUT2D eigenvalue weighted by molar-refractivity contribution is -0.124. The predicted octanol–water partition coefficient (Wildman–Crippen LogP) is 5.34. The molecule has 0 bridgehead atoms. The zero-order valence-electron chi connectivity index (χ0n) is 17.7. The lowest BCUT2D eigenvalue weighted by Gasteiger charge is -2.18. The maximum atomic E-state index is 12.5. The molecule has 4 nitrogen and oxygen atoms in total. The van der Waals surface area contributed by atoms with E-state index >= 15 is 0 Å². The molecule has 4 rings (SSSR count). The van der Waals surface area contributed by atoms with Crippen LogP contribution in [0.4, 0.5) is 0 Å². The van der Waals surface area contributed by atoms with E-state index in [1.165, 1.54) is 11.1 Å². The fraction of sp³-hybridized carbons (Fsp3) is 0.143. The zero-order chi connectivity index (χ0) is 22.2. The summed E-state index contributed by atoms with van der Waals surface area (Å²) in [6, 6.07) is 33.6. The third-order valence-corrected chi connectivity index (χ3v) is 5.50. The van der Waals surface area contributed by atoms with E-state index in [9.17, 15) is 9.59 Å². The van der Waals surface area contributed by atoms with Crippen molar-refractivity contribution in [3.05, 3.63) is 120 Å². The largest absolute Gasteiger partial charge is 0.452 e. The van der Waals surface area contributed by atoms with Gasteiger partial charge in [0.2, 0.25) is 0 Å². The smallest absolute Gasteiger partial charge is 0.339 e. The SMILES string of the molecule is O=C(COC(=O)c1cccc2ccccc12)NCCC(c1ccccc1)c1ccccc1. The van der Waals surface area contributed by atoms with Crippen molar-refractivity contribution in [1.29, 1.82) is 0 Å². The van der Waals surface area contributed by atoms with Gasteiger partial charge in [-0.15, -0.1) is 0 Å². The van der Waals surface area contributed by atoms with E-state index in [2.05, 4.69) is 29.6 Å². The highest BCUT2D eigenvalue weighted by Crippen LogP contribution is 2.27. The number of fused-ring (bicyclic) bond motifs is 1.